The van der Waals surface area contributed by atoms with Crippen LogP contribution in [0.4, 0.5) is 0 Å². The molecular formula is C14H11N3O3S. The van der Waals surface area contributed by atoms with Crippen LogP contribution in [0.25, 0.3) is 10.7 Å². The van der Waals surface area contributed by atoms with Gasteiger partial charge < -0.3 is 5.73 Å². The Labute approximate surface area is 123 Å². The van der Waals surface area contributed by atoms with Gasteiger partial charge in [0, 0.05) is 5.56 Å². The first-order valence-corrected chi connectivity index (χ1v) is 7.02. The molecule has 0 fully saturated rings. The molecule has 0 radical (unpaired) electrons. The number of aromatic nitrogens is 2. The molecule has 1 amide bonds. The lowest BCUT2D eigenvalue weighted by molar-refractivity contribution is 0.100. The van der Waals surface area contributed by atoms with Crippen molar-refractivity contribution in [3.05, 3.63) is 63.5 Å². The van der Waals surface area contributed by atoms with Gasteiger partial charge in [0.2, 0.25) is 5.91 Å². The molecule has 7 heteroatoms. The van der Waals surface area contributed by atoms with Gasteiger partial charge in [0.25, 0.3) is 0 Å². The highest BCUT2D eigenvalue weighted by Crippen LogP contribution is 2.22. The molecule has 0 saturated heterocycles. The van der Waals surface area contributed by atoms with Gasteiger partial charge >= 0.3 is 5.76 Å². The zero-order valence-corrected chi connectivity index (χ0v) is 11.7. The minimum atomic E-state index is -0.516. The monoisotopic (exact) mass is 301 g/mol. The van der Waals surface area contributed by atoms with Crippen molar-refractivity contribution in [2.45, 2.75) is 6.54 Å². The molecule has 2 aromatic heterocycles. The van der Waals surface area contributed by atoms with E-state index in [1.54, 1.807) is 24.3 Å². The average Bonchev–Trinajstić information content (AvgIpc) is 3.10. The van der Waals surface area contributed by atoms with Crippen molar-refractivity contribution in [3.63, 3.8) is 0 Å². The van der Waals surface area contributed by atoms with Gasteiger partial charge in [-0.05, 0) is 29.1 Å². The van der Waals surface area contributed by atoms with Crippen molar-refractivity contribution in [2.24, 2.45) is 5.73 Å². The molecule has 0 atom stereocenters. The fourth-order valence-electron chi connectivity index (χ4n) is 1.95. The first kappa shape index (κ1) is 13.3. The topological polar surface area (TPSA) is 91.1 Å². The fraction of sp³-hybridized carbons (Fsp3) is 0.0714. The summed E-state index contributed by atoms with van der Waals surface area (Å²) in [6.07, 6.45) is 0. The van der Waals surface area contributed by atoms with Crippen molar-refractivity contribution in [2.75, 3.05) is 0 Å². The maximum atomic E-state index is 11.8. The molecule has 3 aromatic rings. The summed E-state index contributed by atoms with van der Waals surface area (Å²) in [6.45, 7) is 0.314. The summed E-state index contributed by atoms with van der Waals surface area (Å²) in [4.78, 5) is 23.7. The van der Waals surface area contributed by atoms with Crippen LogP contribution in [0.5, 0.6) is 0 Å². The summed E-state index contributed by atoms with van der Waals surface area (Å²) >= 11 is 1.48. The standard InChI is InChI=1S/C14H11N3O3S/c15-12(18)10-5-3-9(4-6-10)8-17-13(16-20-14(17)19)11-2-1-7-21-11/h1-7H,8H2,(H2,15,18). The molecule has 0 bridgehead atoms. The molecule has 106 valence electrons. The van der Waals surface area contributed by atoms with Crippen molar-refractivity contribution in [1.82, 2.24) is 9.72 Å². The Balaban J connectivity index is 1.93. The van der Waals surface area contributed by atoms with E-state index in [0.717, 1.165) is 10.4 Å². The number of hydrogen-bond acceptors (Lipinski definition) is 5. The van der Waals surface area contributed by atoms with Crippen LogP contribution in [0.15, 0.2) is 51.1 Å². The van der Waals surface area contributed by atoms with Gasteiger partial charge in [-0.1, -0.05) is 23.4 Å². The summed E-state index contributed by atoms with van der Waals surface area (Å²) in [7, 11) is 0. The maximum Gasteiger partial charge on any atom is 0.442 e. The Morgan fingerprint density at radius 3 is 2.67 bits per heavy atom. The second-order valence-electron chi connectivity index (χ2n) is 4.40. The fourth-order valence-corrected chi connectivity index (χ4v) is 2.66. The number of nitrogens with zero attached hydrogens (tertiary/aromatic N) is 2. The third-order valence-corrected chi connectivity index (χ3v) is 3.87. The Bertz CT molecular complexity index is 816. The Kier molecular flexibility index (Phi) is 3.41. The molecule has 21 heavy (non-hydrogen) atoms. The van der Waals surface area contributed by atoms with Crippen LogP contribution >= 0.6 is 11.3 Å². The van der Waals surface area contributed by atoms with Gasteiger partial charge in [-0.25, -0.2) is 4.79 Å². The first-order valence-electron chi connectivity index (χ1n) is 6.14. The molecule has 0 aliphatic carbocycles. The van der Waals surface area contributed by atoms with Crippen molar-refractivity contribution in [1.29, 1.82) is 0 Å². The van der Waals surface area contributed by atoms with E-state index >= 15 is 0 Å². The van der Waals surface area contributed by atoms with E-state index in [0.29, 0.717) is 17.9 Å². The first-order chi connectivity index (χ1) is 10.1. The number of amides is 1. The normalized spacial score (nSPS) is 10.7. The second-order valence-corrected chi connectivity index (χ2v) is 5.34. The molecule has 0 spiro atoms. The summed E-state index contributed by atoms with van der Waals surface area (Å²) in [5.74, 6) is -0.505. The number of thiophene rings is 1. The van der Waals surface area contributed by atoms with E-state index in [-0.39, 0.29) is 0 Å². The van der Waals surface area contributed by atoms with E-state index < -0.39 is 11.7 Å². The third-order valence-electron chi connectivity index (χ3n) is 3.01. The SMILES string of the molecule is NC(=O)c1ccc(Cn2c(-c3cccs3)noc2=O)cc1. The highest BCUT2D eigenvalue weighted by molar-refractivity contribution is 7.13. The molecule has 6 nitrogen and oxygen atoms in total. The summed E-state index contributed by atoms with van der Waals surface area (Å²) in [6, 6.07) is 10.5. The molecule has 2 N–H and O–H groups in total. The van der Waals surface area contributed by atoms with Gasteiger partial charge in [0.05, 0.1) is 11.4 Å². The minimum Gasteiger partial charge on any atom is -0.366 e. The Morgan fingerprint density at radius 2 is 2.05 bits per heavy atom. The highest BCUT2D eigenvalue weighted by Gasteiger charge is 2.14. The van der Waals surface area contributed by atoms with Crippen LogP contribution in [-0.4, -0.2) is 15.6 Å². The molecule has 0 saturated carbocycles. The van der Waals surface area contributed by atoms with Gasteiger partial charge in [0.1, 0.15) is 0 Å². The minimum absolute atomic E-state index is 0.314. The number of carbonyl (C=O) groups excluding carboxylic acids is 1. The zero-order chi connectivity index (χ0) is 14.8. The number of nitrogens with two attached hydrogens (primary N) is 1. The van der Waals surface area contributed by atoms with E-state index in [4.69, 9.17) is 10.3 Å². The third kappa shape index (κ3) is 2.63. The smallest absolute Gasteiger partial charge is 0.366 e. The second kappa shape index (κ2) is 5.37. The largest absolute Gasteiger partial charge is 0.442 e. The highest BCUT2D eigenvalue weighted by atomic mass is 32.1. The Hall–Kier alpha value is -2.67. The lowest BCUT2D eigenvalue weighted by Crippen LogP contribution is -2.16. The van der Waals surface area contributed by atoms with Crippen LogP contribution < -0.4 is 11.5 Å². The number of hydrogen-bond donors (Lipinski definition) is 1. The van der Waals surface area contributed by atoms with Crippen LogP contribution in [0.3, 0.4) is 0 Å². The molecule has 2 heterocycles. The summed E-state index contributed by atoms with van der Waals surface area (Å²) in [5, 5.41) is 5.72. The maximum absolute atomic E-state index is 11.8. The number of rotatable bonds is 4. The molecule has 3 rings (SSSR count). The van der Waals surface area contributed by atoms with Gasteiger partial charge in [0.15, 0.2) is 5.82 Å². The van der Waals surface area contributed by atoms with Crippen molar-refractivity contribution < 1.29 is 9.32 Å². The molecule has 1 aromatic carbocycles. The predicted molar refractivity (Wildman–Crippen MR) is 78.1 cm³/mol. The Morgan fingerprint density at radius 1 is 1.29 bits per heavy atom. The lowest BCUT2D eigenvalue weighted by Gasteiger charge is -2.04. The van der Waals surface area contributed by atoms with Crippen molar-refractivity contribution in [3.8, 4) is 10.7 Å². The van der Waals surface area contributed by atoms with Gasteiger partial charge in [-0.15, -0.1) is 11.3 Å². The van der Waals surface area contributed by atoms with Crippen molar-refractivity contribution >= 4 is 17.2 Å². The molecular weight excluding hydrogens is 290 g/mol. The van der Waals surface area contributed by atoms with Crippen LogP contribution in [0, 0.1) is 0 Å². The quantitative estimate of drug-likeness (QED) is 0.794. The zero-order valence-electron chi connectivity index (χ0n) is 10.9. The van der Waals surface area contributed by atoms with E-state index in [1.807, 2.05) is 17.5 Å². The molecule has 0 aliphatic heterocycles. The average molecular weight is 301 g/mol. The van der Waals surface area contributed by atoms with E-state index in [9.17, 15) is 9.59 Å². The van der Waals surface area contributed by atoms with Crippen LogP contribution in [-0.2, 0) is 6.54 Å². The lowest BCUT2D eigenvalue weighted by atomic mass is 10.1. The summed E-state index contributed by atoms with van der Waals surface area (Å²) in [5.41, 5.74) is 6.47. The van der Waals surface area contributed by atoms with Crippen LogP contribution in [0.1, 0.15) is 15.9 Å². The number of benzene rings is 1. The van der Waals surface area contributed by atoms with Gasteiger partial charge in [-0.2, -0.15) is 0 Å². The number of carbonyl (C=O) groups is 1. The van der Waals surface area contributed by atoms with E-state index in [1.165, 1.54) is 15.9 Å². The molecule has 0 aliphatic rings. The van der Waals surface area contributed by atoms with E-state index in [2.05, 4.69) is 5.16 Å². The predicted octanol–water partition coefficient (Wildman–Crippen LogP) is 1.71. The molecule has 0 unspecified atom stereocenters. The number of primary amides is 1. The van der Waals surface area contributed by atoms with Crippen LogP contribution in [0.2, 0.25) is 0 Å². The summed E-state index contributed by atoms with van der Waals surface area (Å²) < 4.78 is 6.19. The van der Waals surface area contributed by atoms with Gasteiger partial charge in [-0.3, -0.25) is 13.9 Å².